The van der Waals surface area contributed by atoms with Crippen LogP contribution in [0.2, 0.25) is 0 Å². The largest absolute Gasteiger partial charge is 0.387 e. The number of aldehydes is 1. The van der Waals surface area contributed by atoms with Crippen molar-refractivity contribution >= 4 is 6.29 Å². The molecule has 7 heteroatoms. The van der Waals surface area contributed by atoms with Crippen LogP contribution >= 0.6 is 0 Å². The minimum atomic E-state index is -1.91. The second-order valence-electron chi connectivity index (χ2n) is 3.75. The zero-order valence-corrected chi connectivity index (χ0v) is 9.33. The van der Waals surface area contributed by atoms with Crippen LogP contribution in [0, 0.1) is 0 Å². The average molecular weight is 259 g/mol. The Balaban J connectivity index is 2.74. The summed E-state index contributed by atoms with van der Waals surface area (Å²) in [6.07, 6.45) is -7.81. The van der Waals surface area contributed by atoms with Crippen molar-refractivity contribution in [1.82, 2.24) is 0 Å². The summed E-state index contributed by atoms with van der Waals surface area (Å²) in [4.78, 5) is 10.2. The number of hydrogen-bond donors (Lipinski definition) is 5. The second kappa shape index (κ2) is 6.53. The van der Waals surface area contributed by atoms with Gasteiger partial charge in [0, 0.05) is 12.1 Å². The predicted octanol–water partition coefficient (Wildman–Crippen LogP) is -1.76. The van der Waals surface area contributed by atoms with Crippen molar-refractivity contribution in [2.75, 3.05) is 0 Å². The van der Waals surface area contributed by atoms with E-state index in [1.54, 1.807) is 6.07 Å². The molecule has 0 saturated carbocycles. The van der Waals surface area contributed by atoms with E-state index in [4.69, 9.17) is 9.52 Å². The van der Waals surface area contributed by atoms with Gasteiger partial charge < -0.3 is 30.3 Å². The van der Waals surface area contributed by atoms with E-state index in [1.165, 1.54) is 18.4 Å². The summed E-state index contributed by atoms with van der Waals surface area (Å²) in [5, 5.41) is 47.1. The summed E-state index contributed by atoms with van der Waals surface area (Å²) in [5.74, 6) is -0.0307. The predicted molar refractivity (Wildman–Crippen MR) is 58.2 cm³/mol. The normalized spacial score (nSPS) is 19.6. The molecule has 1 unspecified atom stereocenters. The van der Waals surface area contributed by atoms with Crippen LogP contribution < -0.4 is 0 Å². The molecule has 0 spiro atoms. The van der Waals surface area contributed by atoms with Crippen LogP contribution in [0.3, 0.4) is 0 Å². The molecule has 0 saturated heterocycles. The van der Waals surface area contributed by atoms with Crippen LogP contribution in [0.1, 0.15) is 11.9 Å². The van der Waals surface area contributed by atoms with E-state index in [1.807, 2.05) is 0 Å². The van der Waals surface area contributed by atoms with Gasteiger partial charge in [-0.3, -0.25) is 0 Å². The molecule has 1 aromatic heterocycles. The van der Waals surface area contributed by atoms with E-state index >= 15 is 0 Å². The van der Waals surface area contributed by atoms with E-state index in [0.29, 0.717) is 0 Å². The van der Waals surface area contributed by atoms with Gasteiger partial charge in [0.1, 0.15) is 24.4 Å². The van der Waals surface area contributed by atoms with E-state index in [9.17, 15) is 25.2 Å². The quantitative estimate of drug-likeness (QED) is 0.302. The third kappa shape index (κ3) is 3.31. The molecule has 0 amide bonds. The number of hydrogen-bond acceptors (Lipinski definition) is 6. The SMILES string of the molecule is O=C[C@H](O)[C@@H](O)[C@H](O)[C@H](O)C(O)c1cccc[o+]1. The average Bonchev–Trinajstić information content (AvgIpc) is 2.44. The van der Waals surface area contributed by atoms with Crippen molar-refractivity contribution in [2.45, 2.75) is 30.5 Å². The number of aliphatic hydroxyl groups is 5. The van der Waals surface area contributed by atoms with Crippen LogP contribution in [-0.2, 0) is 4.79 Å². The molecule has 0 bridgehead atoms. The minimum absolute atomic E-state index is 0.0138. The molecule has 1 aromatic rings. The molecule has 100 valence electrons. The Morgan fingerprint density at radius 2 is 1.67 bits per heavy atom. The first-order chi connectivity index (χ1) is 8.49. The van der Waals surface area contributed by atoms with Gasteiger partial charge in [0.2, 0.25) is 0 Å². The Morgan fingerprint density at radius 3 is 2.17 bits per heavy atom. The molecule has 5 N–H and O–H groups in total. The van der Waals surface area contributed by atoms with Crippen LogP contribution in [0.15, 0.2) is 28.9 Å². The van der Waals surface area contributed by atoms with Crippen LogP contribution in [-0.4, -0.2) is 56.2 Å². The summed E-state index contributed by atoms with van der Waals surface area (Å²) in [5.41, 5.74) is 0. The molecule has 1 heterocycles. The molecule has 0 aliphatic carbocycles. The van der Waals surface area contributed by atoms with Crippen molar-refractivity contribution in [2.24, 2.45) is 0 Å². The van der Waals surface area contributed by atoms with Crippen molar-refractivity contribution < 1.29 is 34.7 Å². The monoisotopic (exact) mass is 259 g/mol. The van der Waals surface area contributed by atoms with Gasteiger partial charge in [-0.15, -0.1) is 0 Å². The highest BCUT2D eigenvalue weighted by Crippen LogP contribution is 2.20. The van der Waals surface area contributed by atoms with Gasteiger partial charge in [-0.05, 0) is 6.07 Å². The first-order valence-electron chi connectivity index (χ1n) is 5.21. The second-order valence-corrected chi connectivity index (χ2v) is 3.75. The lowest BCUT2D eigenvalue weighted by Gasteiger charge is -2.24. The van der Waals surface area contributed by atoms with E-state index < -0.39 is 30.5 Å². The lowest BCUT2D eigenvalue weighted by Crippen LogP contribution is -2.47. The smallest absolute Gasteiger partial charge is 0.359 e. The first kappa shape index (κ1) is 14.7. The van der Waals surface area contributed by atoms with Gasteiger partial charge >= 0.3 is 12.0 Å². The molecular formula is C11H15O7+. The van der Waals surface area contributed by atoms with Gasteiger partial charge in [0.05, 0.1) is 0 Å². The number of carbonyl (C=O) groups is 1. The van der Waals surface area contributed by atoms with Gasteiger partial charge in [-0.1, -0.05) is 0 Å². The van der Waals surface area contributed by atoms with Gasteiger partial charge in [-0.25, -0.2) is 4.42 Å². The van der Waals surface area contributed by atoms with Crippen LogP contribution in [0.5, 0.6) is 0 Å². The highest BCUT2D eigenvalue weighted by molar-refractivity contribution is 5.56. The maximum absolute atomic E-state index is 10.2. The van der Waals surface area contributed by atoms with Crippen molar-refractivity contribution in [3.8, 4) is 0 Å². The minimum Gasteiger partial charge on any atom is -0.387 e. The fraction of sp³-hybridized carbons (Fsp3) is 0.455. The zero-order valence-electron chi connectivity index (χ0n) is 9.33. The number of carbonyl (C=O) groups excluding carboxylic acids is 1. The topological polar surface area (TPSA) is 130 Å². The molecule has 0 aromatic carbocycles. The summed E-state index contributed by atoms with van der Waals surface area (Å²) in [7, 11) is 0. The third-order valence-corrected chi connectivity index (χ3v) is 2.46. The van der Waals surface area contributed by atoms with Crippen molar-refractivity contribution in [3.63, 3.8) is 0 Å². The molecule has 0 radical (unpaired) electrons. The third-order valence-electron chi connectivity index (χ3n) is 2.46. The highest BCUT2D eigenvalue weighted by atomic mass is 16.4. The fourth-order valence-electron chi connectivity index (χ4n) is 1.36. The van der Waals surface area contributed by atoms with Crippen molar-refractivity contribution in [3.05, 3.63) is 30.2 Å². The summed E-state index contributed by atoms with van der Waals surface area (Å²) in [6.45, 7) is 0. The Bertz CT molecular complexity index is 369. The van der Waals surface area contributed by atoms with Gasteiger partial charge in [-0.2, -0.15) is 0 Å². The van der Waals surface area contributed by atoms with Gasteiger partial charge in [0.15, 0.2) is 12.4 Å². The van der Waals surface area contributed by atoms with Crippen molar-refractivity contribution in [1.29, 1.82) is 0 Å². The standard InChI is InChI=1S/C11H15O7/c12-5-6(13)8(14)10(16)11(17)9(15)7-3-1-2-4-18-7/h1-6,8-11,13-17H/q+1/t6-,8+,9?,10-,11+/m0/s1. The van der Waals surface area contributed by atoms with Crippen LogP contribution in [0.4, 0.5) is 0 Å². The fourth-order valence-corrected chi connectivity index (χ4v) is 1.36. The number of rotatable bonds is 6. The zero-order chi connectivity index (χ0) is 13.7. The maximum Gasteiger partial charge on any atom is 0.359 e. The number of aliphatic hydroxyl groups excluding tert-OH is 5. The lowest BCUT2D eigenvalue weighted by molar-refractivity contribution is -0.146. The summed E-state index contributed by atoms with van der Waals surface area (Å²) >= 11 is 0. The molecule has 0 aliphatic heterocycles. The van der Waals surface area contributed by atoms with E-state index in [0.717, 1.165) is 0 Å². The maximum atomic E-state index is 10.2. The lowest BCUT2D eigenvalue weighted by atomic mass is 9.98. The van der Waals surface area contributed by atoms with E-state index in [-0.39, 0.29) is 12.0 Å². The summed E-state index contributed by atoms with van der Waals surface area (Å²) < 4.78 is 4.89. The molecule has 1 rings (SSSR count). The molecule has 0 fully saturated rings. The molecule has 7 nitrogen and oxygen atoms in total. The Morgan fingerprint density at radius 1 is 1.00 bits per heavy atom. The highest BCUT2D eigenvalue weighted by Gasteiger charge is 2.38. The Kier molecular flexibility index (Phi) is 5.32. The Hall–Kier alpha value is -1.38. The molecule has 18 heavy (non-hydrogen) atoms. The summed E-state index contributed by atoms with van der Waals surface area (Å²) in [6, 6.07) is 4.45. The molecular weight excluding hydrogens is 244 g/mol. The first-order valence-corrected chi connectivity index (χ1v) is 5.21. The van der Waals surface area contributed by atoms with Crippen LogP contribution in [0.25, 0.3) is 0 Å². The van der Waals surface area contributed by atoms with Gasteiger partial charge in [0.25, 0.3) is 0 Å². The van der Waals surface area contributed by atoms with E-state index in [2.05, 4.69) is 0 Å². The Labute approximate surface area is 103 Å². The molecule has 0 aliphatic rings. The molecule has 5 atom stereocenters.